The Morgan fingerprint density at radius 1 is 0.857 bits per heavy atom. The van der Waals surface area contributed by atoms with Crippen LogP contribution in [0.5, 0.6) is 0 Å². The van der Waals surface area contributed by atoms with E-state index in [1.54, 1.807) is 0 Å². The number of carbonyl (C=O) groups is 2. The van der Waals surface area contributed by atoms with E-state index in [1.807, 2.05) is 9.80 Å². The van der Waals surface area contributed by atoms with Crippen molar-refractivity contribution in [3.8, 4) is 6.07 Å². The molecular formula is C16H23N3O2. The smallest absolute Gasteiger partial charge is 0.227 e. The van der Waals surface area contributed by atoms with E-state index in [2.05, 4.69) is 6.07 Å². The summed E-state index contributed by atoms with van der Waals surface area (Å²) in [5.74, 6) is 0.772. The van der Waals surface area contributed by atoms with Gasteiger partial charge in [-0.1, -0.05) is 0 Å². The first-order valence-corrected chi connectivity index (χ1v) is 8.16. The molecule has 0 aromatic rings. The van der Waals surface area contributed by atoms with Gasteiger partial charge in [-0.2, -0.15) is 5.26 Å². The van der Waals surface area contributed by atoms with Gasteiger partial charge in [-0.05, 0) is 38.5 Å². The molecule has 5 heteroatoms. The molecule has 2 amide bonds. The number of hydrogen-bond donors (Lipinski definition) is 0. The molecule has 0 radical (unpaired) electrons. The van der Waals surface area contributed by atoms with Crippen molar-refractivity contribution in [3.63, 3.8) is 0 Å². The van der Waals surface area contributed by atoms with Crippen molar-refractivity contribution in [2.24, 2.45) is 17.8 Å². The summed E-state index contributed by atoms with van der Waals surface area (Å²) in [4.78, 5) is 28.6. The van der Waals surface area contributed by atoms with Gasteiger partial charge in [0.25, 0.3) is 0 Å². The predicted molar refractivity (Wildman–Crippen MR) is 76.9 cm³/mol. The van der Waals surface area contributed by atoms with Crippen molar-refractivity contribution in [1.29, 1.82) is 5.26 Å². The number of amides is 2. The van der Waals surface area contributed by atoms with Gasteiger partial charge in [-0.25, -0.2) is 0 Å². The molecule has 3 fully saturated rings. The molecule has 3 rings (SSSR count). The van der Waals surface area contributed by atoms with Crippen molar-refractivity contribution in [3.05, 3.63) is 0 Å². The number of rotatable bonds is 2. The Kier molecular flexibility index (Phi) is 4.14. The fourth-order valence-corrected chi connectivity index (χ4v) is 3.45. The Labute approximate surface area is 125 Å². The fraction of sp³-hybridized carbons (Fsp3) is 0.812. The van der Waals surface area contributed by atoms with Crippen LogP contribution in [0.25, 0.3) is 0 Å². The molecule has 1 unspecified atom stereocenters. The van der Waals surface area contributed by atoms with Crippen molar-refractivity contribution in [2.75, 3.05) is 26.2 Å². The highest BCUT2D eigenvalue weighted by Crippen LogP contribution is 2.33. The van der Waals surface area contributed by atoms with Gasteiger partial charge < -0.3 is 9.80 Å². The first-order valence-electron chi connectivity index (χ1n) is 8.16. The lowest BCUT2D eigenvalue weighted by atomic mass is 9.93. The quantitative estimate of drug-likeness (QED) is 0.772. The zero-order valence-electron chi connectivity index (χ0n) is 12.5. The molecule has 0 aromatic carbocycles. The van der Waals surface area contributed by atoms with Gasteiger partial charge in [-0.15, -0.1) is 0 Å². The summed E-state index contributed by atoms with van der Waals surface area (Å²) in [6, 6.07) is 2.29. The number of nitrogens with zero attached hydrogens (tertiary/aromatic N) is 3. The molecule has 2 saturated heterocycles. The summed E-state index contributed by atoms with van der Waals surface area (Å²) < 4.78 is 0. The lowest BCUT2D eigenvalue weighted by Gasteiger charge is -2.37. The molecule has 21 heavy (non-hydrogen) atoms. The number of hydrogen-bond acceptors (Lipinski definition) is 3. The minimum absolute atomic E-state index is 0.0277. The van der Waals surface area contributed by atoms with Gasteiger partial charge in [0.15, 0.2) is 0 Å². The third-order valence-electron chi connectivity index (χ3n) is 5.00. The lowest BCUT2D eigenvalue weighted by Crippen LogP contribution is -2.48. The largest absolute Gasteiger partial charge is 0.342 e. The summed E-state index contributed by atoms with van der Waals surface area (Å²) in [5, 5.41) is 8.92. The van der Waals surface area contributed by atoms with Gasteiger partial charge >= 0.3 is 0 Å². The molecule has 1 aliphatic carbocycles. The zero-order chi connectivity index (χ0) is 14.8. The topological polar surface area (TPSA) is 64.4 Å². The highest BCUT2D eigenvalue weighted by molar-refractivity contribution is 5.83. The highest BCUT2D eigenvalue weighted by Gasteiger charge is 2.38. The van der Waals surface area contributed by atoms with E-state index in [1.165, 1.54) is 0 Å². The number of carbonyl (C=O) groups excluding carboxylic acids is 2. The maximum absolute atomic E-state index is 12.6. The summed E-state index contributed by atoms with van der Waals surface area (Å²) in [6.07, 6.45) is 5.46. The Morgan fingerprint density at radius 2 is 1.52 bits per heavy atom. The minimum atomic E-state index is -0.0277. The summed E-state index contributed by atoms with van der Waals surface area (Å²) in [6.45, 7) is 2.82. The van der Waals surface area contributed by atoms with Crippen molar-refractivity contribution < 1.29 is 9.59 Å². The van der Waals surface area contributed by atoms with E-state index in [9.17, 15) is 9.59 Å². The monoisotopic (exact) mass is 289 g/mol. The first-order chi connectivity index (χ1) is 10.2. The van der Waals surface area contributed by atoms with Gasteiger partial charge in [0, 0.05) is 38.0 Å². The molecule has 0 aromatic heterocycles. The maximum atomic E-state index is 12.6. The van der Waals surface area contributed by atoms with Crippen molar-refractivity contribution >= 4 is 11.8 Å². The third-order valence-corrected chi connectivity index (χ3v) is 5.00. The molecule has 3 aliphatic rings. The molecule has 2 aliphatic heterocycles. The minimum Gasteiger partial charge on any atom is -0.342 e. The van der Waals surface area contributed by atoms with E-state index >= 15 is 0 Å². The van der Waals surface area contributed by atoms with Crippen LogP contribution in [-0.2, 0) is 9.59 Å². The van der Waals surface area contributed by atoms with E-state index in [0.717, 1.165) is 45.1 Å². The van der Waals surface area contributed by atoms with Crippen LogP contribution < -0.4 is 0 Å². The first kappa shape index (κ1) is 14.4. The van der Waals surface area contributed by atoms with E-state index in [-0.39, 0.29) is 29.6 Å². The lowest BCUT2D eigenvalue weighted by molar-refractivity contribution is -0.142. The molecular weight excluding hydrogens is 266 g/mol. The molecule has 1 atom stereocenters. The second-order valence-electron chi connectivity index (χ2n) is 6.63. The Morgan fingerprint density at radius 3 is 2.14 bits per heavy atom. The number of piperidine rings is 2. The van der Waals surface area contributed by atoms with Crippen molar-refractivity contribution in [2.45, 2.75) is 38.5 Å². The van der Waals surface area contributed by atoms with Gasteiger partial charge in [-0.3, -0.25) is 9.59 Å². The van der Waals surface area contributed by atoms with Crippen LogP contribution in [-0.4, -0.2) is 47.8 Å². The molecule has 2 heterocycles. The van der Waals surface area contributed by atoms with E-state index in [4.69, 9.17) is 5.26 Å². The van der Waals surface area contributed by atoms with Crippen LogP contribution >= 0.6 is 0 Å². The Bertz CT molecular complexity index is 459. The summed E-state index contributed by atoms with van der Waals surface area (Å²) in [7, 11) is 0. The molecule has 1 saturated carbocycles. The second kappa shape index (κ2) is 6.05. The third kappa shape index (κ3) is 3.20. The predicted octanol–water partition coefficient (Wildman–Crippen LogP) is 1.40. The SMILES string of the molecule is N#CC1CCN(C(=O)C2CCCN(C(=O)C3CC3)C2)CC1. The standard InChI is InChI=1S/C16H23N3O2/c17-10-12-5-8-18(9-6-12)16(21)14-2-1-7-19(11-14)15(20)13-3-4-13/h12-14H,1-9,11H2. The number of nitriles is 1. The van der Waals surface area contributed by atoms with Crippen LogP contribution in [0.4, 0.5) is 0 Å². The Balaban J connectivity index is 1.54. The van der Waals surface area contributed by atoms with Gasteiger partial charge in [0.1, 0.15) is 0 Å². The Hall–Kier alpha value is -1.57. The summed E-state index contributed by atoms with van der Waals surface area (Å²) >= 11 is 0. The fourth-order valence-electron chi connectivity index (χ4n) is 3.45. The van der Waals surface area contributed by atoms with Crippen LogP contribution in [0.15, 0.2) is 0 Å². The normalized spacial score (nSPS) is 27.3. The maximum Gasteiger partial charge on any atom is 0.227 e. The molecule has 0 bridgehead atoms. The van der Waals surface area contributed by atoms with Crippen LogP contribution in [0.3, 0.4) is 0 Å². The second-order valence-corrected chi connectivity index (χ2v) is 6.63. The van der Waals surface area contributed by atoms with Gasteiger partial charge in [0.05, 0.1) is 12.0 Å². The van der Waals surface area contributed by atoms with Crippen molar-refractivity contribution in [1.82, 2.24) is 9.80 Å². The molecule has 114 valence electrons. The molecule has 0 N–H and O–H groups in total. The highest BCUT2D eigenvalue weighted by atomic mass is 16.2. The van der Waals surface area contributed by atoms with Crippen LogP contribution in [0, 0.1) is 29.1 Å². The zero-order valence-corrected chi connectivity index (χ0v) is 12.5. The summed E-state index contributed by atoms with van der Waals surface area (Å²) in [5.41, 5.74) is 0. The van der Waals surface area contributed by atoms with Gasteiger partial charge in [0.2, 0.25) is 11.8 Å². The van der Waals surface area contributed by atoms with E-state index in [0.29, 0.717) is 19.6 Å². The molecule has 0 spiro atoms. The van der Waals surface area contributed by atoms with Crippen LogP contribution in [0.1, 0.15) is 38.5 Å². The number of likely N-dealkylation sites (tertiary alicyclic amines) is 2. The average Bonchev–Trinajstić information content (AvgIpc) is 3.38. The molecule has 5 nitrogen and oxygen atoms in total. The average molecular weight is 289 g/mol. The van der Waals surface area contributed by atoms with Crippen LogP contribution in [0.2, 0.25) is 0 Å². The van der Waals surface area contributed by atoms with E-state index < -0.39 is 0 Å².